The first-order chi connectivity index (χ1) is 5.74. The van der Waals surface area contributed by atoms with Crippen LogP contribution in [0.5, 0.6) is 0 Å². The molecule has 1 aromatic rings. The fourth-order valence-electron chi connectivity index (χ4n) is 0.801. The number of nitrogens with one attached hydrogen (secondary N) is 1. The van der Waals surface area contributed by atoms with Crippen molar-refractivity contribution < 1.29 is 4.79 Å². The second kappa shape index (κ2) is 4.44. The zero-order valence-electron chi connectivity index (χ0n) is 6.75. The Balaban J connectivity index is 2.53. The molecule has 1 N–H and O–H groups in total. The number of aryl methyl sites for hydroxylation is 1. The molecule has 0 spiro atoms. The van der Waals surface area contributed by atoms with Crippen LogP contribution in [0.4, 0.5) is 0 Å². The number of carbonyl (C=O) groups excluding carboxylic acids is 1. The summed E-state index contributed by atoms with van der Waals surface area (Å²) in [4.78, 5) is 11.2. The Kier molecular flexibility index (Phi) is 3.51. The number of halogens is 1. The van der Waals surface area contributed by atoms with Gasteiger partial charge >= 0.3 is 0 Å². The van der Waals surface area contributed by atoms with Gasteiger partial charge in [-0.25, -0.2) is 0 Å². The predicted molar refractivity (Wildman–Crippen MR) is 54.4 cm³/mol. The topological polar surface area (TPSA) is 46.9 Å². The van der Waals surface area contributed by atoms with Crippen molar-refractivity contribution >= 4 is 28.5 Å². The highest BCUT2D eigenvalue weighted by atomic mass is 127. The lowest BCUT2D eigenvalue weighted by atomic mass is 10.3. The SMILES string of the molecule is Cn1cc(C(=O)NCCI)cn1. The first kappa shape index (κ1) is 9.50. The van der Waals surface area contributed by atoms with Crippen LogP contribution in [0.2, 0.25) is 0 Å². The van der Waals surface area contributed by atoms with E-state index in [1.807, 2.05) is 0 Å². The van der Waals surface area contributed by atoms with Crippen molar-refractivity contribution in [1.29, 1.82) is 0 Å². The molecule has 1 amide bonds. The number of rotatable bonds is 3. The fourth-order valence-corrected chi connectivity index (χ4v) is 1.07. The molecule has 4 nitrogen and oxygen atoms in total. The van der Waals surface area contributed by atoms with Crippen LogP contribution >= 0.6 is 22.6 Å². The maximum absolute atomic E-state index is 11.2. The molecule has 0 bridgehead atoms. The van der Waals surface area contributed by atoms with E-state index in [1.54, 1.807) is 24.1 Å². The molecule has 0 unspecified atom stereocenters. The molecule has 0 saturated carbocycles. The van der Waals surface area contributed by atoms with Crippen LogP contribution in [0.1, 0.15) is 10.4 Å². The number of hydrogen-bond acceptors (Lipinski definition) is 2. The molecular weight excluding hydrogens is 269 g/mol. The van der Waals surface area contributed by atoms with E-state index in [-0.39, 0.29) is 5.91 Å². The van der Waals surface area contributed by atoms with Gasteiger partial charge in [-0.15, -0.1) is 0 Å². The Bertz CT molecular complexity index is 271. The molecule has 0 radical (unpaired) electrons. The minimum Gasteiger partial charge on any atom is -0.351 e. The molecule has 0 aliphatic rings. The molecule has 1 aromatic heterocycles. The molecule has 0 aliphatic carbocycles. The van der Waals surface area contributed by atoms with Gasteiger partial charge in [-0.1, -0.05) is 22.6 Å². The molecular formula is C7H10IN3O. The third-order valence-corrected chi connectivity index (χ3v) is 1.89. The third kappa shape index (κ3) is 2.47. The van der Waals surface area contributed by atoms with Gasteiger partial charge in [0.2, 0.25) is 0 Å². The second-order valence-corrected chi connectivity index (χ2v) is 3.43. The molecule has 66 valence electrons. The fraction of sp³-hybridized carbons (Fsp3) is 0.429. The van der Waals surface area contributed by atoms with Gasteiger partial charge in [-0.2, -0.15) is 5.10 Å². The van der Waals surface area contributed by atoms with Crippen LogP contribution in [0.15, 0.2) is 12.4 Å². The van der Waals surface area contributed by atoms with Crippen LogP contribution < -0.4 is 5.32 Å². The summed E-state index contributed by atoms with van der Waals surface area (Å²) in [5.41, 5.74) is 0.613. The summed E-state index contributed by atoms with van der Waals surface area (Å²) in [6.07, 6.45) is 3.26. The third-order valence-electron chi connectivity index (χ3n) is 1.35. The Labute approximate surface area is 84.5 Å². The van der Waals surface area contributed by atoms with Crippen molar-refractivity contribution in [2.45, 2.75) is 0 Å². The molecule has 1 rings (SSSR count). The largest absolute Gasteiger partial charge is 0.351 e. The van der Waals surface area contributed by atoms with E-state index >= 15 is 0 Å². The molecule has 0 fully saturated rings. The molecule has 0 atom stereocenters. The van der Waals surface area contributed by atoms with Crippen molar-refractivity contribution in [3.05, 3.63) is 18.0 Å². The van der Waals surface area contributed by atoms with Crippen molar-refractivity contribution in [2.75, 3.05) is 11.0 Å². The van der Waals surface area contributed by atoms with E-state index < -0.39 is 0 Å². The lowest BCUT2D eigenvalue weighted by molar-refractivity contribution is 0.0956. The Morgan fingerprint density at radius 3 is 3.08 bits per heavy atom. The lowest BCUT2D eigenvalue weighted by Gasteiger charge is -1.98. The molecule has 0 aliphatic heterocycles. The summed E-state index contributed by atoms with van der Waals surface area (Å²) in [5, 5.41) is 6.66. The molecule has 0 saturated heterocycles. The second-order valence-electron chi connectivity index (χ2n) is 2.35. The Hall–Kier alpha value is -0.590. The van der Waals surface area contributed by atoms with Gasteiger partial charge in [0, 0.05) is 24.2 Å². The number of aromatic nitrogens is 2. The molecule has 0 aromatic carbocycles. The van der Waals surface area contributed by atoms with Crippen LogP contribution in [0, 0.1) is 0 Å². The quantitative estimate of drug-likeness (QED) is 0.650. The molecule has 12 heavy (non-hydrogen) atoms. The lowest BCUT2D eigenvalue weighted by Crippen LogP contribution is -2.24. The van der Waals surface area contributed by atoms with E-state index in [9.17, 15) is 4.79 Å². The van der Waals surface area contributed by atoms with Crippen LogP contribution in [-0.2, 0) is 7.05 Å². The number of hydrogen-bond donors (Lipinski definition) is 1. The summed E-state index contributed by atoms with van der Waals surface area (Å²) in [6, 6.07) is 0. The van der Waals surface area contributed by atoms with Gasteiger partial charge in [-0.05, 0) is 0 Å². The first-order valence-electron chi connectivity index (χ1n) is 3.57. The molecule has 5 heteroatoms. The van der Waals surface area contributed by atoms with Crippen LogP contribution in [-0.4, -0.2) is 26.7 Å². The smallest absolute Gasteiger partial charge is 0.254 e. The zero-order chi connectivity index (χ0) is 8.97. The minimum absolute atomic E-state index is 0.0558. The first-order valence-corrected chi connectivity index (χ1v) is 5.09. The number of amides is 1. The van der Waals surface area contributed by atoms with Crippen LogP contribution in [0.25, 0.3) is 0 Å². The summed E-state index contributed by atoms with van der Waals surface area (Å²) in [6.45, 7) is 0.703. The highest BCUT2D eigenvalue weighted by molar-refractivity contribution is 14.1. The van der Waals surface area contributed by atoms with E-state index in [0.29, 0.717) is 12.1 Å². The zero-order valence-corrected chi connectivity index (χ0v) is 8.91. The van der Waals surface area contributed by atoms with E-state index in [0.717, 1.165) is 4.43 Å². The summed E-state index contributed by atoms with van der Waals surface area (Å²) in [7, 11) is 1.79. The number of nitrogens with zero attached hydrogens (tertiary/aromatic N) is 2. The van der Waals surface area contributed by atoms with Crippen molar-refractivity contribution in [3.63, 3.8) is 0 Å². The monoisotopic (exact) mass is 279 g/mol. The Morgan fingerprint density at radius 2 is 2.58 bits per heavy atom. The van der Waals surface area contributed by atoms with Gasteiger partial charge in [-0.3, -0.25) is 9.48 Å². The van der Waals surface area contributed by atoms with E-state index in [4.69, 9.17) is 0 Å². The summed E-state index contributed by atoms with van der Waals surface area (Å²) >= 11 is 2.21. The predicted octanol–water partition coefficient (Wildman–Crippen LogP) is 0.585. The van der Waals surface area contributed by atoms with E-state index in [1.165, 1.54) is 0 Å². The van der Waals surface area contributed by atoms with Crippen molar-refractivity contribution in [3.8, 4) is 0 Å². The van der Waals surface area contributed by atoms with Gasteiger partial charge in [0.05, 0.1) is 11.8 Å². The Morgan fingerprint density at radius 1 is 1.83 bits per heavy atom. The maximum Gasteiger partial charge on any atom is 0.254 e. The highest BCUT2D eigenvalue weighted by Gasteiger charge is 2.05. The van der Waals surface area contributed by atoms with Crippen molar-refractivity contribution in [1.82, 2.24) is 15.1 Å². The minimum atomic E-state index is -0.0558. The highest BCUT2D eigenvalue weighted by Crippen LogP contribution is 1.95. The number of alkyl halides is 1. The summed E-state index contributed by atoms with van der Waals surface area (Å²) in [5.74, 6) is -0.0558. The summed E-state index contributed by atoms with van der Waals surface area (Å²) < 4.78 is 2.53. The van der Waals surface area contributed by atoms with Gasteiger partial charge in [0.1, 0.15) is 0 Å². The van der Waals surface area contributed by atoms with Crippen LogP contribution in [0.3, 0.4) is 0 Å². The standard InChI is InChI=1S/C7H10IN3O/c1-11-5-6(4-10-11)7(12)9-3-2-8/h4-5H,2-3H2,1H3,(H,9,12). The average Bonchev–Trinajstić information content (AvgIpc) is 2.47. The van der Waals surface area contributed by atoms with Gasteiger partial charge < -0.3 is 5.32 Å². The maximum atomic E-state index is 11.2. The molecule has 1 heterocycles. The average molecular weight is 279 g/mol. The van der Waals surface area contributed by atoms with Crippen molar-refractivity contribution in [2.24, 2.45) is 7.05 Å². The normalized spacial score (nSPS) is 9.83. The van der Waals surface area contributed by atoms with Gasteiger partial charge in [0.15, 0.2) is 0 Å². The number of carbonyl (C=O) groups is 1. The van der Waals surface area contributed by atoms with E-state index in [2.05, 4.69) is 33.0 Å². The van der Waals surface area contributed by atoms with Gasteiger partial charge in [0.25, 0.3) is 5.91 Å².